The topological polar surface area (TPSA) is 51.1 Å². The second-order valence-electron chi connectivity index (χ2n) is 6.19. The minimum Gasteiger partial charge on any atom is -0.347 e. The van der Waals surface area contributed by atoms with Gasteiger partial charge in [0.2, 0.25) is 0 Å². The number of fused-ring (bicyclic) bond motifs is 1. The van der Waals surface area contributed by atoms with E-state index in [1.54, 1.807) is 0 Å². The third-order valence-electron chi connectivity index (χ3n) is 4.58. The zero-order chi connectivity index (χ0) is 16.9. The Bertz CT molecular complexity index is 922. The summed E-state index contributed by atoms with van der Waals surface area (Å²) in [4.78, 5) is 24.4. The van der Waals surface area contributed by atoms with Crippen LogP contribution in [0, 0.1) is 6.92 Å². The number of aromatic nitrogens is 1. The molecular weight excluding hydrogens is 288 g/mol. The summed E-state index contributed by atoms with van der Waals surface area (Å²) < 4.78 is 2.12. The van der Waals surface area contributed by atoms with E-state index in [4.69, 9.17) is 0 Å². The summed E-state index contributed by atoms with van der Waals surface area (Å²) in [6, 6.07) is 8.11. The number of nitrogens with zero attached hydrogens (tertiary/aromatic N) is 1. The Morgan fingerprint density at radius 1 is 1.00 bits per heavy atom. The van der Waals surface area contributed by atoms with E-state index in [2.05, 4.69) is 22.0 Å². The van der Waals surface area contributed by atoms with Crippen LogP contribution in [0.25, 0.3) is 16.5 Å². The fraction of sp³-hybridized carbons (Fsp3) is 0.263. The molecule has 3 rings (SSSR count). The molecule has 118 valence electrons. The Kier molecular flexibility index (Phi) is 3.48. The molecule has 0 radical (unpaired) electrons. The van der Waals surface area contributed by atoms with Gasteiger partial charge in [-0.15, -0.1) is 0 Å². The lowest BCUT2D eigenvalue weighted by molar-refractivity contribution is -0.123. The highest BCUT2D eigenvalue weighted by atomic mass is 16.2. The molecular formula is C19H20N2O2. The number of allylic oxidation sites excluding steroid dienone is 2. The van der Waals surface area contributed by atoms with Gasteiger partial charge in [0.1, 0.15) is 0 Å². The van der Waals surface area contributed by atoms with Gasteiger partial charge < -0.3 is 4.57 Å². The Balaban J connectivity index is 2.39. The van der Waals surface area contributed by atoms with E-state index in [9.17, 15) is 9.59 Å². The van der Waals surface area contributed by atoms with E-state index in [1.807, 2.05) is 46.9 Å². The third-order valence-corrected chi connectivity index (χ3v) is 4.58. The predicted octanol–water partition coefficient (Wildman–Crippen LogP) is 3.25. The number of carbonyl (C=O) groups is 2. The Morgan fingerprint density at radius 2 is 1.61 bits per heavy atom. The van der Waals surface area contributed by atoms with Crippen molar-refractivity contribution in [3.63, 3.8) is 0 Å². The maximum atomic E-state index is 12.3. The SMILES string of the molecule is CC(C)=C1C(=O)NC(=O)/C1=C(\C)c1c(C)n(C)c2ccccc12. The van der Waals surface area contributed by atoms with Crippen molar-refractivity contribution >= 4 is 28.3 Å². The standard InChI is InChI=1S/C19H20N2O2/c1-10(2)15-17(19(23)20-18(15)22)11(3)16-12(4)21(5)14-9-7-6-8-13(14)16/h6-9H,1-5H3,(H,20,22,23)/b17-11+. The molecule has 1 aromatic heterocycles. The van der Waals surface area contributed by atoms with Crippen LogP contribution in [0.3, 0.4) is 0 Å². The first kappa shape index (κ1) is 15.3. The first-order chi connectivity index (χ1) is 10.8. The fourth-order valence-electron chi connectivity index (χ4n) is 3.41. The van der Waals surface area contributed by atoms with Gasteiger partial charge in [0.15, 0.2) is 0 Å². The lowest BCUT2D eigenvalue weighted by Gasteiger charge is -2.08. The molecule has 4 nitrogen and oxygen atoms in total. The lowest BCUT2D eigenvalue weighted by atomic mass is 9.93. The van der Waals surface area contributed by atoms with Gasteiger partial charge in [-0.3, -0.25) is 14.9 Å². The summed E-state index contributed by atoms with van der Waals surface area (Å²) in [5.41, 5.74) is 5.91. The molecule has 1 aromatic carbocycles. The van der Waals surface area contributed by atoms with Gasteiger partial charge in [0.05, 0.1) is 11.1 Å². The molecule has 0 bridgehead atoms. The monoisotopic (exact) mass is 308 g/mol. The smallest absolute Gasteiger partial charge is 0.259 e. The largest absolute Gasteiger partial charge is 0.347 e. The van der Waals surface area contributed by atoms with Crippen LogP contribution in [0.2, 0.25) is 0 Å². The second-order valence-corrected chi connectivity index (χ2v) is 6.19. The molecule has 1 fully saturated rings. The summed E-state index contributed by atoms with van der Waals surface area (Å²) in [6.07, 6.45) is 0. The molecule has 1 N–H and O–H groups in total. The van der Waals surface area contributed by atoms with E-state index in [0.29, 0.717) is 11.1 Å². The Hall–Kier alpha value is -2.62. The van der Waals surface area contributed by atoms with Gasteiger partial charge in [-0.05, 0) is 39.3 Å². The number of amides is 2. The quantitative estimate of drug-likeness (QED) is 0.649. The van der Waals surface area contributed by atoms with Gasteiger partial charge in [-0.1, -0.05) is 23.8 Å². The highest BCUT2D eigenvalue weighted by Crippen LogP contribution is 2.36. The molecule has 0 saturated carbocycles. The minimum absolute atomic E-state index is 0.303. The third kappa shape index (κ3) is 2.13. The number of rotatable bonds is 1. The zero-order valence-corrected chi connectivity index (χ0v) is 14.1. The van der Waals surface area contributed by atoms with Crippen LogP contribution < -0.4 is 5.32 Å². The number of hydrogen-bond acceptors (Lipinski definition) is 2. The van der Waals surface area contributed by atoms with Gasteiger partial charge >= 0.3 is 0 Å². The minimum atomic E-state index is -0.309. The van der Waals surface area contributed by atoms with E-state index in [1.165, 1.54) is 0 Å². The van der Waals surface area contributed by atoms with Crippen molar-refractivity contribution in [1.29, 1.82) is 0 Å². The normalized spacial score (nSPS) is 17.0. The van der Waals surface area contributed by atoms with Gasteiger partial charge in [0, 0.05) is 29.2 Å². The molecule has 0 aliphatic carbocycles. The number of carbonyl (C=O) groups excluding carboxylic acids is 2. The molecule has 1 aliphatic rings. The van der Waals surface area contributed by atoms with Crippen LogP contribution >= 0.6 is 0 Å². The molecule has 0 atom stereocenters. The van der Waals surface area contributed by atoms with Crippen molar-refractivity contribution in [3.8, 4) is 0 Å². The summed E-state index contributed by atoms with van der Waals surface area (Å²) in [5.74, 6) is -0.613. The number of aryl methyl sites for hydroxylation is 1. The van der Waals surface area contributed by atoms with E-state index < -0.39 is 0 Å². The summed E-state index contributed by atoms with van der Waals surface area (Å²) in [7, 11) is 2.01. The van der Waals surface area contributed by atoms with Crippen LogP contribution in [0.15, 0.2) is 41.0 Å². The van der Waals surface area contributed by atoms with E-state index in [0.717, 1.165) is 33.3 Å². The Labute approximate surface area is 135 Å². The van der Waals surface area contributed by atoms with Crippen LogP contribution in [-0.4, -0.2) is 16.4 Å². The van der Waals surface area contributed by atoms with E-state index >= 15 is 0 Å². The van der Waals surface area contributed by atoms with Crippen LogP contribution in [-0.2, 0) is 16.6 Å². The fourth-order valence-corrected chi connectivity index (χ4v) is 3.41. The summed E-state index contributed by atoms with van der Waals surface area (Å²) >= 11 is 0. The van der Waals surface area contributed by atoms with Crippen molar-refractivity contribution in [2.24, 2.45) is 7.05 Å². The molecule has 4 heteroatoms. The molecule has 1 aliphatic heterocycles. The molecule has 0 spiro atoms. The number of para-hydroxylation sites is 1. The highest BCUT2D eigenvalue weighted by Gasteiger charge is 2.34. The number of hydrogen-bond donors (Lipinski definition) is 1. The highest BCUT2D eigenvalue weighted by molar-refractivity contribution is 6.28. The second kappa shape index (κ2) is 5.23. The van der Waals surface area contributed by atoms with Crippen molar-refractivity contribution in [3.05, 3.63) is 52.2 Å². The molecule has 2 heterocycles. The number of nitrogens with one attached hydrogen (secondary N) is 1. The van der Waals surface area contributed by atoms with Crippen LogP contribution in [0.5, 0.6) is 0 Å². The van der Waals surface area contributed by atoms with Crippen molar-refractivity contribution in [1.82, 2.24) is 9.88 Å². The first-order valence-corrected chi connectivity index (χ1v) is 7.63. The van der Waals surface area contributed by atoms with Gasteiger partial charge in [-0.25, -0.2) is 0 Å². The zero-order valence-electron chi connectivity index (χ0n) is 14.1. The van der Waals surface area contributed by atoms with Crippen LogP contribution in [0.1, 0.15) is 32.0 Å². The predicted molar refractivity (Wildman–Crippen MR) is 91.8 cm³/mol. The number of imide groups is 1. The van der Waals surface area contributed by atoms with Gasteiger partial charge in [-0.2, -0.15) is 0 Å². The average Bonchev–Trinajstić information content (AvgIpc) is 2.93. The maximum absolute atomic E-state index is 12.3. The van der Waals surface area contributed by atoms with Crippen molar-refractivity contribution < 1.29 is 9.59 Å². The molecule has 0 unspecified atom stereocenters. The molecule has 23 heavy (non-hydrogen) atoms. The number of benzene rings is 1. The molecule has 2 amide bonds. The van der Waals surface area contributed by atoms with Gasteiger partial charge in [0.25, 0.3) is 11.8 Å². The summed E-state index contributed by atoms with van der Waals surface area (Å²) in [5, 5.41) is 3.52. The van der Waals surface area contributed by atoms with Crippen LogP contribution in [0.4, 0.5) is 0 Å². The lowest BCUT2D eigenvalue weighted by Crippen LogP contribution is -2.20. The molecule has 2 aromatic rings. The Morgan fingerprint density at radius 3 is 2.26 bits per heavy atom. The first-order valence-electron chi connectivity index (χ1n) is 7.63. The molecule has 1 saturated heterocycles. The van der Waals surface area contributed by atoms with Crippen molar-refractivity contribution in [2.45, 2.75) is 27.7 Å². The average molecular weight is 308 g/mol. The van der Waals surface area contributed by atoms with Crippen molar-refractivity contribution in [2.75, 3.05) is 0 Å². The maximum Gasteiger partial charge on any atom is 0.259 e. The summed E-state index contributed by atoms with van der Waals surface area (Å²) in [6.45, 7) is 7.68. The van der Waals surface area contributed by atoms with E-state index in [-0.39, 0.29) is 11.8 Å².